The minimum atomic E-state index is 0.0223. The number of anilines is 1. The smallest absolute Gasteiger partial charge is 0.254 e. The normalized spacial score (nSPS) is 30.3. The van der Waals surface area contributed by atoms with Crippen LogP contribution in [0.1, 0.15) is 66.6 Å². The van der Waals surface area contributed by atoms with E-state index in [0.717, 1.165) is 41.1 Å². The molecule has 2 aromatic rings. The van der Waals surface area contributed by atoms with Crippen molar-refractivity contribution >= 4 is 17.5 Å². The Balaban J connectivity index is 1.16. The van der Waals surface area contributed by atoms with Crippen molar-refractivity contribution in [3.05, 3.63) is 59.4 Å². The fraction of sp³-hybridized carbons (Fsp3) is 0.519. The third kappa shape index (κ3) is 3.62. The molecular formula is C27H31N3O2. The van der Waals surface area contributed by atoms with Crippen LogP contribution in [0.15, 0.2) is 42.6 Å². The van der Waals surface area contributed by atoms with Crippen LogP contribution in [0.2, 0.25) is 0 Å². The molecule has 5 heteroatoms. The van der Waals surface area contributed by atoms with E-state index in [4.69, 9.17) is 0 Å². The topological polar surface area (TPSA) is 62.3 Å². The van der Waals surface area contributed by atoms with Gasteiger partial charge < -0.3 is 10.2 Å². The van der Waals surface area contributed by atoms with Gasteiger partial charge in [0.2, 0.25) is 5.91 Å². The highest BCUT2D eigenvalue weighted by Crippen LogP contribution is 2.61. The maximum atomic E-state index is 13.2. The van der Waals surface area contributed by atoms with E-state index in [2.05, 4.69) is 10.3 Å². The van der Waals surface area contributed by atoms with Crippen molar-refractivity contribution in [2.45, 2.75) is 57.9 Å². The maximum absolute atomic E-state index is 13.2. The maximum Gasteiger partial charge on any atom is 0.254 e. The molecule has 166 valence electrons. The van der Waals surface area contributed by atoms with Crippen LogP contribution in [-0.4, -0.2) is 28.2 Å². The van der Waals surface area contributed by atoms with Gasteiger partial charge in [-0.3, -0.25) is 14.6 Å². The number of carbonyl (C=O) groups excluding carboxylic acids is 2. The van der Waals surface area contributed by atoms with E-state index in [1.807, 2.05) is 41.3 Å². The number of rotatable bonds is 5. The van der Waals surface area contributed by atoms with Gasteiger partial charge in [0.25, 0.3) is 5.91 Å². The first-order valence-electron chi connectivity index (χ1n) is 12.2. The second-order valence-corrected chi connectivity index (χ2v) is 10.8. The van der Waals surface area contributed by atoms with Crippen LogP contribution in [0.5, 0.6) is 0 Å². The first-order chi connectivity index (χ1) is 15.6. The Morgan fingerprint density at radius 1 is 1.03 bits per heavy atom. The zero-order valence-electron chi connectivity index (χ0n) is 18.6. The van der Waals surface area contributed by atoms with E-state index in [0.29, 0.717) is 25.1 Å². The number of aromatic nitrogens is 1. The van der Waals surface area contributed by atoms with Crippen molar-refractivity contribution in [3.8, 4) is 0 Å². The summed E-state index contributed by atoms with van der Waals surface area (Å²) < 4.78 is 0. The van der Waals surface area contributed by atoms with Gasteiger partial charge in [0.15, 0.2) is 0 Å². The van der Waals surface area contributed by atoms with Crippen molar-refractivity contribution in [1.82, 2.24) is 9.88 Å². The number of hydrogen-bond donors (Lipinski definition) is 1. The van der Waals surface area contributed by atoms with Crippen molar-refractivity contribution in [2.75, 3.05) is 11.9 Å². The lowest BCUT2D eigenvalue weighted by Gasteiger charge is -2.56. The number of fused-ring (bicyclic) bond motifs is 1. The number of benzene rings is 1. The minimum Gasteiger partial charge on any atom is -0.332 e. The van der Waals surface area contributed by atoms with Crippen LogP contribution in [0.25, 0.3) is 0 Å². The van der Waals surface area contributed by atoms with Crippen LogP contribution in [0.3, 0.4) is 0 Å². The van der Waals surface area contributed by atoms with Gasteiger partial charge in [-0.05, 0) is 97.9 Å². The highest BCUT2D eigenvalue weighted by atomic mass is 16.2. The molecule has 0 radical (unpaired) electrons. The number of hydrogen-bond acceptors (Lipinski definition) is 3. The van der Waals surface area contributed by atoms with Gasteiger partial charge in [-0.15, -0.1) is 0 Å². The summed E-state index contributed by atoms with van der Waals surface area (Å²) in [6.45, 7) is 1.16. The molecule has 32 heavy (non-hydrogen) atoms. The molecule has 4 saturated carbocycles. The molecule has 1 aromatic carbocycles. The molecule has 0 atom stereocenters. The molecule has 0 saturated heterocycles. The zero-order valence-corrected chi connectivity index (χ0v) is 18.6. The largest absolute Gasteiger partial charge is 0.332 e. The number of nitrogens with zero attached hydrogens (tertiary/aromatic N) is 2. The van der Waals surface area contributed by atoms with Crippen LogP contribution in [0.4, 0.5) is 5.69 Å². The molecule has 2 amide bonds. The quantitative estimate of drug-likeness (QED) is 0.741. The minimum absolute atomic E-state index is 0.0223. The third-order valence-electron chi connectivity index (χ3n) is 8.38. The van der Waals surface area contributed by atoms with Crippen LogP contribution >= 0.6 is 0 Å². The van der Waals surface area contributed by atoms with Crippen molar-refractivity contribution < 1.29 is 9.59 Å². The molecular weight excluding hydrogens is 398 g/mol. The highest BCUT2D eigenvalue weighted by molar-refractivity contribution is 6.00. The lowest BCUT2D eigenvalue weighted by Crippen LogP contribution is -2.47. The fourth-order valence-electron chi connectivity index (χ4n) is 7.57. The number of carbonyl (C=O) groups is 2. The first-order valence-corrected chi connectivity index (χ1v) is 12.2. The summed E-state index contributed by atoms with van der Waals surface area (Å²) in [6, 6.07) is 11.5. The molecule has 0 unspecified atom stereocenters. The van der Waals surface area contributed by atoms with Crippen LogP contribution < -0.4 is 5.32 Å². The van der Waals surface area contributed by atoms with E-state index >= 15 is 0 Å². The lowest BCUT2D eigenvalue weighted by molar-refractivity contribution is -0.124. The van der Waals surface area contributed by atoms with Gasteiger partial charge in [0.1, 0.15) is 0 Å². The molecule has 0 spiro atoms. The summed E-state index contributed by atoms with van der Waals surface area (Å²) in [5, 5.41) is 3.21. The van der Waals surface area contributed by atoms with E-state index in [1.54, 1.807) is 6.20 Å². The molecule has 5 nitrogen and oxygen atoms in total. The molecule has 4 fully saturated rings. The number of nitrogens with one attached hydrogen (secondary N) is 1. The number of pyridine rings is 1. The Labute approximate surface area is 189 Å². The van der Waals surface area contributed by atoms with Crippen molar-refractivity contribution in [3.63, 3.8) is 0 Å². The Morgan fingerprint density at radius 2 is 1.78 bits per heavy atom. The summed E-state index contributed by atoms with van der Waals surface area (Å²) >= 11 is 0. The Morgan fingerprint density at radius 3 is 2.47 bits per heavy atom. The standard InChI is InChI=1S/C27H31N3O2/c31-25(16-27-13-18-10-19(14-27)12-20(11-18)15-27)29-24-6-3-5-23-22(24)7-9-30(26(23)32)17-21-4-1-2-8-28-21/h1-6,8,18-20H,7,9-17H2,(H,29,31). The molecule has 5 aliphatic rings. The molecule has 4 aliphatic carbocycles. The predicted octanol–water partition coefficient (Wildman–Crippen LogP) is 4.83. The molecule has 4 bridgehead atoms. The molecule has 7 rings (SSSR count). The average Bonchev–Trinajstić information content (AvgIpc) is 2.75. The number of amides is 2. The van der Waals surface area contributed by atoms with Gasteiger partial charge >= 0.3 is 0 Å². The predicted molar refractivity (Wildman–Crippen MR) is 123 cm³/mol. The monoisotopic (exact) mass is 429 g/mol. The van der Waals surface area contributed by atoms with Gasteiger partial charge in [-0.25, -0.2) is 0 Å². The Hall–Kier alpha value is -2.69. The third-order valence-corrected chi connectivity index (χ3v) is 8.38. The van der Waals surface area contributed by atoms with Gasteiger partial charge in [0.05, 0.1) is 12.2 Å². The summed E-state index contributed by atoms with van der Waals surface area (Å²) in [5.41, 5.74) is 3.63. The van der Waals surface area contributed by atoms with E-state index < -0.39 is 0 Å². The summed E-state index contributed by atoms with van der Waals surface area (Å²) in [7, 11) is 0. The van der Waals surface area contributed by atoms with Crippen LogP contribution in [0, 0.1) is 23.2 Å². The van der Waals surface area contributed by atoms with Crippen molar-refractivity contribution in [1.29, 1.82) is 0 Å². The summed E-state index contributed by atoms with van der Waals surface area (Å²) in [4.78, 5) is 32.5. The summed E-state index contributed by atoms with van der Waals surface area (Å²) in [5.74, 6) is 2.70. The summed E-state index contributed by atoms with van der Waals surface area (Å²) in [6.07, 6.45) is 11.0. The second-order valence-electron chi connectivity index (χ2n) is 10.8. The Bertz CT molecular complexity index is 1010. The van der Waals surface area contributed by atoms with Gasteiger partial charge in [-0.2, -0.15) is 0 Å². The van der Waals surface area contributed by atoms with E-state index in [-0.39, 0.29) is 17.2 Å². The molecule has 2 heterocycles. The van der Waals surface area contributed by atoms with Crippen LogP contribution in [-0.2, 0) is 17.8 Å². The average molecular weight is 430 g/mol. The van der Waals surface area contributed by atoms with E-state index in [1.165, 1.54) is 38.5 Å². The first kappa shape index (κ1) is 20.0. The van der Waals surface area contributed by atoms with E-state index in [9.17, 15) is 9.59 Å². The fourth-order valence-corrected chi connectivity index (χ4v) is 7.57. The van der Waals surface area contributed by atoms with Gasteiger partial charge in [-0.1, -0.05) is 12.1 Å². The second kappa shape index (κ2) is 7.72. The van der Waals surface area contributed by atoms with Crippen molar-refractivity contribution in [2.24, 2.45) is 23.2 Å². The molecule has 1 aliphatic heterocycles. The lowest BCUT2D eigenvalue weighted by atomic mass is 9.49. The molecule has 1 N–H and O–H groups in total. The Kier molecular flexibility index (Phi) is 4.81. The molecule has 1 aromatic heterocycles. The zero-order chi connectivity index (χ0) is 21.7. The SMILES string of the molecule is O=C(CC12CC3CC(CC(C3)C1)C2)Nc1cccc2c1CCN(Cc1ccccn1)C2=O. The highest BCUT2D eigenvalue weighted by Gasteiger charge is 2.51. The van der Waals surface area contributed by atoms with Gasteiger partial charge in [0, 0.05) is 30.4 Å².